The van der Waals surface area contributed by atoms with Crippen LogP contribution in [0.5, 0.6) is 0 Å². The Labute approximate surface area is 189 Å². The molecule has 4 nitrogen and oxygen atoms in total. The second-order valence-corrected chi connectivity index (χ2v) is 8.41. The van der Waals surface area contributed by atoms with E-state index in [-0.39, 0.29) is 11.9 Å². The third-order valence-electron chi connectivity index (χ3n) is 5.62. The fourth-order valence-electron chi connectivity index (χ4n) is 4.03. The molecule has 158 valence electrons. The maximum Gasteiger partial charge on any atom is 0.227 e. The summed E-state index contributed by atoms with van der Waals surface area (Å²) in [5.74, 6) is 0.185. The van der Waals surface area contributed by atoms with Crippen LogP contribution in [0.1, 0.15) is 41.1 Å². The van der Waals surface area contributed by atoms with Gasteiger partial charge in [-0.2, -0.15) is 0 Å². The van der Waals surface area contributed by atoms with Crippen molar-refractivity contribution in [1.29, 1.82) is 0 Å². The van der Waals surface area contributed by atoms with Crippen molar-refractivity contribution < 1.29 is 4.79 Å². The molecule has 0 radical (unpaired) electrons. The second-order valence-electron chi connectivity index (χ2n) is 8.01. The van der Waals surface area contributed by atoms with Crippen molar-refractivity contribution in [3.8, 4) is 0 Å². The zero-order valence-electron chi connectivity index (χ0n) is 17.9. The lowest BCUT2D eigenvalue weighted by Crippen LogP contribution is -2.33. The first-order valence-corrected chi connectivity index (χ1v) is 11.0. The molecule has 1 saturated heterocycles. The zero-order valence-corrected chi connectivity index (χ0v) is 18.7. The average Bonchev–Trinajstić information content (AvgIpc) is 3.19. The van der Waals surface area contributed by atoms with Gasteiger partial charge in [-0.25, -0.2) is 0 Å². The molecule has 1 atom stereocenters. The predicted octanol–water partition coefficient (Wildman–Crippen LogP) is 5.51. The van der Waals surface area contributed by atoms with Gasteiger partial charge in [0.2, 0.25) is 5.91 Å². The molecule has 4 rings (SSSR count). The SMILES string of the molecule is Cc1cccc(C(NC(=S)Nc2ccc(C)c(N3CCCC3=O)c2)c2ccccc2)c1. The lowest BCUT2D eigenvalue weighted by molar-refractivity contribution is -0.117. The fourth-order valence-corrected chi connectivity index (χ4v) is 4.27. The van der Waals surface area contributed by atoms with Gasteiger partial charge in [0, 0.05) is 24.3 Å². The molecular weight excluding hydrogens is 402 g/mol. The van der Waals surface area contributed by atoms with Gasteiger partial charge in [-0.1, -0.05) is 66.2 Å². The van der Waals surface area contributed by atoms with Crippen LogP contribution < -0.4 is 15.5 Å². The minimum Gasteiger partial charge on any atom is -0.352 e. The number of benzene rings is 3. The minimum absolute atomic E-state index is 0.0637. The maximum absolute atomic E-state index is 12.2. The van der Waals surface area contributed by atoms with E-state index in [0.29, 0.717) is 11.5 Å². The number of carbonyl (C=O) groups excluding carboxylic acids is 1. The summed E-state index contributed by atoms with van der Waals surface area (Å²) >= 11 is 5.68. The highest BCUT2D eigenvalue weighted by atomic mass is 32.1. The summed E-state index contributed by atoms with van der Waals surface area (Å²) in [4.78, 5) is 14.1. The van der Waals surface area contributed by atoms with E-state index < -0.39 is 0 Å². The first kappa shape index (κ1) is 21.1. The van der Waals surface area contributed by atoms with Crippen LogP contribution in [0.3, 0.4) is 0 Å². The summed E-state index contributed by atoms with van der Waals surface area (Å²) in [6, 6.07) is 24.7. The van der Waals surface area contributed by atoms with Gasteiger partial charge in [0.15, 0.2) is 5.11 Å². The van der Waals surface area contributed by atoms with Crippen LogP contribution in [0.25, 0.3) is 0 Å². The fraction of sp³-hybridized carbons (Fsp3) is 0.231. The van der Waals surface area contributed by atoms with E-state index in [9.17, 15) is 4.79 Å². The number of hydrogen-bond acceptors (Lipinski definition) is 2. The van der Waals surface area contributed by atoms with Crippen molar-refractivity contribution in [3.05, 3.63) is 95.1 Å². The highest BCUT2D eigenvalue weighted by Crippen LogP contribution is 2.28. The number of amides is 1. The average molecular weight is 430 g/mol. The summed E-state index contributed by atoms with van der Waals surface area (Å²) in [7, 11) is 0. The lowest BCUT2D eigenvalue weighted by Gasteiger charge is -2.23. The highest BCUT2D eigenvalue weighted by molar-refractivity contribution is 7.80. The molecule has 0 spiro atoms. The molecule has 1 aliphatic heterocycles. The van der Waals surface area contributed by atoms with Crippen LogP contribution in [-0.4, -0.2) is 17.6 Å². The molecule has 1 unspecified atom stereocenters. The topological polar surface area (TPSA) is 44.4 Å². The number of aryl methyl sites for hydroxylation is 2. The third kappa shape index (κ3) is 4.94. The van der Waals surface area contributed by atoms with E-state index >= 15 is 0 Å². The van der Waals surface area contributed by atoms with Crippen LogP contribution in [0.2, 0.25) is 0 Å². The molecule has 5 heteroatoms. The van der Waals surface area contributed by atoms with E-state index in [4.69, 9.17) is 12.2 Å². The number of hydrogen-bond donors (Lipinski definition) is 2. The summed E-state index contributed by atoms with van der Waals surface area (Å²) in [6.07, 6.45) is 1.53. The molecule has 3 aromatic carbocycles. The van der Waals surface area contributed by atoms with Crippen molar-refractivity contribution in [3.63, 3.8) is 0 Å². The van der Waals surface area contributed by atoms with Gasteiger partial charge < -0.3 is 15.5 Å². The Bertz CT molecular complexity index is 1100. The number of rotatable bonds is 5. The van der Waals surface area contributed by atoms with E-state index in [0.717, 1.165) is 41.0 Å². The van der Waals surface area contributed by atoms with Crippen LogP contribution >= 0.6 is 12.2 Å². The van der Waals surface area contributed by atoms with Gasteiger partial charge in [0.05, 0.1) is 6.04 Å². The summed E-state index contributed by atoms with van der Waals surface area (Å²) in [5, 5.41) is 7.33. The van der Waals surface area contributed by atoms with Gasteiger partial charge >= 0.3 is 0 Å². The largest absolute Gasteiger partial charge is 0.352 e. The lowest BCUT2D eigenvalue weighted by atomic mass is 9.97. The number of carbonyl (C=O) groups is 1. The number of anilines is 2. The van der Waals surface area contributed by atoms with Crippen molar-refractivity contribution in [2.24, 2.45) is 0 Å². The van der Waals surface area contributed by atoms with Crippen molar-refractivity contribution in [1.82, 2.24) is 5.32 Å². The molecular formula is C26H27N3OS. The zero-order chi connectivity index (χ0) is 21.8. The molecule has 0 aliphatic carbocycles. The normalized spacial score (nSPS) is 14.4. The van der Waals surface area contributed by atoms with Crippen LogP contribution in [0, 0.1) is 13.8 Å². The van der Waals surface area contributed by atoms with Crippen LogP contribution in [0.4, 0.5) is 11.4 Å². The predicted molar refractivity (Wildman–Crippen MR) is 132 cm³/mol. The Morgan fingerprint density at radius 3 is 2.45 bits per heavy atom. The Kier molecular flexibility index (Phi) is 6.33. The third-order valence-corrected chi connectivity index (χ3v) is 5.83. The minimum atomic E-state index is -0.0637. The van der Waals surface area contributed by atoms with Crippen molar-refractivity contribution in [2.45, 2.75) is 32.7 Å². The smallest absolute Gasteiger partial charge is 0.227 e. The molecule has 1 heterocycles. The monoisotopic (exact) mass is 429 g/mol. The highest BCUT2D eigenvalue weighted by Gasteiger charge is 2.23. The van der Waals surface area contributed by atoms with Gasteiger partial charge in [-0.05, 0) is 61.3 Å². The molecule has 31 heavy (non-hydrogen) atoms. The molecule has 1 fully saturated rings. The van der Waals surface area contributed by atoms with E-state index in [1.54, 1.807) is 0 Å². The Hall–Kier alpha value is -3.18. The van der Waals surface area contributed by atoms with Crippen LogP contribution in [0.15, 0.2) is 72.8 Å². The quantitative estimate of drug-likeness (QED) is 0.525. The van der Waals surface area contributed by atoms with Gasteiger partial charge in [0.25, 0.3) is 0 Å². The second kappa shape index (κ2) is 9.31. The maximum atomic E-state index is 12.2. The van der Waals surface area contributed by atoms with Crippen molar-refractivity contribution in [2.75, 3.05) is 16.8 Å². The molecule has 3 aromatic rings. The Morgan fingerprint density at radius 2 is 1.74 bits per heavy atom. The first-order valence-electron chi connectivity index (χ1n) is 10.6. The summed E-state index contributed by atoms with van der Waals surface area (Å²) < 4.78 is 0. The Morgan fingerprint density at radius 1 is 0.968 bits per heavy atom. The number of nitrogens with one attached hydrogen (secondary N) is 2. The molecule has 1 amide bonds. The Balaban J connectivity index is 1.55. The number of nitrogens with zero attached hydrogens (tertiary/aromatic N) is 1. The van der Waals surface area contributed by atoms with Gasteiger partial charge in [-0.3, -0.25) is 4.79 Å². The van der Waals surface area contributed by atoms with Gasteiger partial charge in [0.1, 0.15) is 0 Å². The van der Waals surface area contributed by atoms with Crippen LogP contribution in [-0.2, 0) is 4.79 Å². The first-order chi connectivity index (χ1) is 15.0. The molecule has 2 N–H and O–H groups in total. The van der Waals surface area contributed by atoms with E-state index in [2.05, 4.69) is 54.0 Å². The summed E-state index contributed by atoms with van der Waals surface area (Å²) in [5.41, 5.74) is 6.41. The van der Waals surface area contributed by atoms with Crippen molar-refractivity contribution >= 4 is 34.6 Å². The molecule has 0 bridgehead atoms. The molecule has 0 saturated carbocycles. The standard InChI is InChI=1S/C26H27N3OS/c1-18-8-6-11-21(16-18)25(20-9-4-3-5-10-20)28-26(31)27-22-14-13-19(2)23(17-22)29-15-7-12-24(29)30/h3-6,8-11,13-14,16-17,25H,7,12,15H2,1-2H3,(H2,27,28,31). The number of thiocarbonyl (C=S) groups is 1. The van der Waals surface area contributed by atoms with Gasteiger partial charge in [-0.15, -0.1) is 0 Å². The van der Waals surface area contributed by atoms with E-state index in [1.807, 2.05) is 48.2 Å². The molecule has 0 aromatic heterocycles. The molecule has 1 aliphatic rings. The summed E-state index contributed by atoms with van der Waals surface area (Å²) in [6.45, 7) is 4.90. The van der Waals surface area contributed by atoms with E-state index in [1.165, 1.54) is 5.56 Å².